The highest BCUT2D eigenvalue weighted by molar-refractivity contribution is 5.87. The number of amides is 2. The molecule has 1 unspecified atom stereocenters. The Kier molecular flexibility index (Phi) is 9.57. The van der Waals surface area contributed by atoms with Gasteiger partial charge in [0, 0.05) is 19.0 Å². The first kappa shape index (κ1) is 24.4. The standard InChI is InChI=1S/C26H36N2O3/c1-6-20-8-10-21(11-9-20)14-17-25(29)28(24(7-2)26(30)27-19(3)4)18-22-12-15-23(31-5)16-13-22/h8-13,15-16,19,24H,6-7,14,17-18H2,1-5H3,(H,27,30). The van der Waals surface area contributed by atoms with Crippen molar-refractivity contribution in [1.82, 2.24) is 10.2 Å². The monoisotopic (exact) mass is 424 g/mol. The van der Waals surface area contributed by atoms with Crippen LogP contribution in [0.1, 0.15) is 57.2 Å². The van der Waals surface area contributed by atoms with Gasteiger partial charge in [0.05, 0.1) is 7.11 Å². The average Bonchev–Trinajstić information content (AvgIpc) is 2.77. The molecule has 1 atom stereocenters. The van der Waals surface area contributed by atoms with Crippen LogP contribution in [0.5, 0.6) is 5.75 Å². The van der Waals surface area contributed by atoms with Crippen LogP contribution in [0.4, 0.5) is 0 Å². The zero-order chi connectivity index (χ0) is 22.8. The summed E-state index contributed by atoms with van der Waals surface area (Å²) >= 11 is 0. The lowest BCUT2D eigenvalue weighted by molar-refractivity contribution is -0.141. The molecule has 31 heavy (non-hydrogen) atoms. The number of ether oxygens (including phenoxy) is 1. The predicted molar refractivity (Wildman–Crippen MR) is 125 cm³/mol. The van der Waals surface area contributed by atoms with Crippen LogP contribution in [0.2, 0.25) is 0 Å². The molecule has 0 aliphatic carbocycles. The number of rotatable bonds is 11. The van der Waals surface area contributed by atoms with Crippen LogP contribution >= 0.6 is 0 Å². The highest BCUT2D eigenvalue weighted by Gasteiger charge is 2.28. The van der Waals surface area contributed by atoms with Crippen LogP contribution in [-0.4, -0.2) is 35.9 Å². The van der Waals surface area contributed by atoms with Crippen LogP contribution in [0.15, 0.2) is 48.5 Å². The van der Waals surface area contributed by atoms with E-state index in [0.717, 1.165) is 23.3 Å². The molecular weight excluding hydrogens is 388 g/mol. The summed E-state index contributed by atoms with van der Waals surface area (Å²) in [6.07, 6.45) is 2.58. The van der Waals surface area contributed by atoms with Gasteiger partial charge in [0.15, 0.2) is 0 Å². The van der Waals surface area contributed by atoms with Crippen LogP contribution < -0.4 is 10.1 Å². The largest absolute Gasteiger partial charge is 0.497 e. The average molecular weight is 425 g/mol. The van der Waals surface area contributed by atoms with Crippen molar-refractivity contribution in [2.75, 3.05) is 7.11 Å². The van der Waals surface area contributed by atoms with Gasteiger partial charge in [-0.1, -0.05) is 50.2 Å². The topological polar surface area (TPSA) is 58.6 Å². The first-order valence-corrected chi connectivity index (χ1v) is 11.2. The third-order valence-electron chi connectivity index (χ3n) is 5.39. The van der Waals surface area contributed by atoms with Crippen molar-refractivity contribution >= 4 is 11.8 Å². The van der Waals surface area contributed by atoms with Gasteiger partial charge in [-0.05, 0) is 61.9 Å². The number of nitrogens with one attached hydrogen (secondary N) is 1. The molecule has 0 heterocycles. The summed E-state index contributed by atoms with van der Waals surface area (Å²) in [7, 11) is 1.63. The molecule has 0 fully saturated rings. The Morgan fingerprint density at radius 2 is 1.52 bits per heavy atom. The van der Waals surface area contributed by atoms with Crippen molar-refractivity contribution in [3.63, 3.8) is 0 Å². The minimum absolute atomic E-state index is 0.0128. The number of nitrogens with zero attached hydrogens (tertiary/aromatic N) is 1. The van der Waals surface area contributed by atoms with E-state index in [4.69, 9.17) is 4.74 Å². The van der Waals surface area contributed by atoms with E-state index in [9.17, 15) is 9.59 Å². The van der Waals surface area contributed by atoms with E-state index in [1.807, 2.05) is 45.0 Å². The van der Waals surface area contributed by atoms with Gasteiger partial charge in [0.2, 0.25) is 11.8 Å². The Balaban J connectivity index is 2.18. The summed E-state index contributed by atoms with van der Waals surface area (Å²) < 4.78 is 5.23. The zero-order valence-electron chi connectivity index (χ0n) is 19.5. The SMILES string of the molecule is CCc1ccc(CCC(=O)N(Cc2ccc(OC)cc2)C(CC)C(=O)NC(C)C)cc1. The lowest BCUT2D eigenvalue weighted by atomic mass is 10.0. The predicted octanol–water partition coefficient (Wildman–Crippen LogP) is 4.52. The Bertz CT molecular complexity index is 829. The third kappa shape index (κ3) is 7.42. The Hall–Kier alpha value is -2.82. The maximum absolute atomic E-state index is 13.3. The van der Waals surface area contributed by atoms with Crippen molar-refractivity contribution in [2.45, 2.75) is 72.0 Å². The summed E-state index contributed by atoms with van der Waals surface area (Å²) in [6.45, 7) is 8.33. The maximum atomic E-state index is 13.3. The highest BCUT2D eigenvalue weighted by atomic mass is 16.5. The zero-order valence-corrected chi connectivity index (χ0v) is 19.5. The number of carbonyl (C=O) groups excluding carboxylic acids is 2. The van der Waals surface area contributed by atoms with E-state index >= 15 is 0 Å². The van der Waals surface area contributed by atoms with E-state index in [1.165, 1.54) is 5.56 Å². The quantitative estimate of drug-likeness (QED) is 0.577. The van der Waals surface area contributed by atoms with Gasteiger partial charge in [-0.3, -0.25) is 9.59 Å². The van der Waals surface area contributed by atoms with E-state index < -0.39 is 6.04 Å². The van der Waals surface area contributed by atoms with Crippen LogP contribution in [0.25, 0.3) is 0 Å². The Morgan fingerprint density at radius 1 is 0.935 bits per heavy atom. The molecule has 0 aliphatic rings. The van der Waals surface area contributed by atoms with E-state index in [0.29, 0.717) is 25.8 Å². The van der Waals surface area contributed by atoms with E-state index in [1.54, 1.807) is 12.0 Å². The van der Waals surface area contributed by atoms with Gasteiger partial charge >= 0.3 is 0 Å². The Labute approximate surface area is 186 Å². The van der Waals surface area contributed by atoms with Gasteiger partial charge in [0.1, 0.15) is 11.8 Å². The summed E-state index contributed by atoms with van der Waals surface area (Å²) in [6, 6.07) is 15.6. The van der Waals surface area contributed by atoms with Crippen molar-refractivity contribution < 1.29 is 14.3 Å². The van der Waals surface area contributed by atoms with Crippen LogP contribution in [-0.2, 0) is 29.0 Å². The number of carbonyl (C=O) groups is 2. The van der Waals surface area contributed by atoms with Crippen molar-refractivity contribution in [1.29, 1.82) is 0 Å². The van der Waals surface area contributed by atoms with Gasteiger partial charge in [0.25, 0.3) is 0 Å². The van der Waals surface area contributed by atoms with Gasteiger partial charge in [-0.25, -0.2) is 0 Å². The molecule has 0 spiro atoms. The first-order chi connectivity index (χ1) is 14.9. The molecule has 2 amide bonds. The fourth-order valence-electron chi connectivity index (χ4n) is 3.56. The molecular formula is C26H36N2O3. The molecule has 2 aromatic carbocycles. The van der Waals surface area contributed by atoms with Gasteiger partial charge in [-0.2, -0.15) is 0 Å². The second-order valence-electron chi connectivity index (χ2n) is 8.13. The molecule has 5 heteroatoms. The smallest absolute Gasteiger partial charge is 0.243 e. The molecule has 0 aliphatic heterocycles. The molecule has 2 rings (SSSR count). The van der Waals surface area contributed by atoms with Crippen LogP contribution in [0.3, 0.4) is 0 Å². The second kappa shape index (κ2) is 12.1. The number of benzene rings is 2. The number of hydrogen-bond acceptors (Lipinski definition) is 3. The van der Waals surface area contributed by atoms with E-state index in [-0.39, 0.29) is 17.9 Å². The molecule has 0 saturated heterocycles. The van der Waals surface area contributed by atoms with Crippen molar-refractivity contribution in [3.8, 4) is 5.75 Å². The summed E-state index contributed by atoms with van der Waals surface area (Å²) in [5.74, 6) is 0.648. The molecule has 0 saturated carbocycles. The minimum Gasteiger partial charge on any atom is -0.497 e. The van der Waals surface area contributed by atoms with Crippen molar-refractivity contribution in [3.05, 3.63) is 65.2 Å². The normalized spacial score (nSPS) is 11.8. The third-order valence-corrected chi connectivity index (χ3v) is 5.39. The van der Waals surface area contributed by atoms with E-state index in [2.05, 4.69) is 36.5 Å². The molecule has 2 aromatic rings. The van der Waals surface area contributed by atoms with Crippen molar-refractivity contribution in [2.24, 2.45) is 0 Å². The Morgan fingerprint density at radius 3 is 2.03 bits per heavy atom. The molecule has 5 nitrogen and oxygen atoms in total. The number of hydrogen-bond donors (Lipinski definition) is 1. The fraction of sp³-hybridized carbons (Fsp3) is 0.462. The fourth-order valence-corrected chi connectivity index (χ4v) is 3.56. The lowest BCUT2D eigenvalue weighted by Gasteiger charge is -2.31. The van der Waals surface area contributed by atoms with Crippen LogP contribution in [0, 0.1) is 0 Å². The molecule has 0 aromatic heterocycles. The minimum atomic E-state index is -0.500. The number of methoxy groups -OCH3 is 1. The lowest BCUT2D eigenvalue weighted by Crippen LogP contribution is -2.50. The summed E-state index contributed by atoms with van der Waals surface area (Å²) in [5, 5.41) is 2.97. The first-order valence-electron chi connectivity index (χ1n) is 11.2. The summed E-state index contributed by atoms with van der Waals surface area (Å²) in [4.78, 5) is 27.8. The molecule has 1 N–H and O–H groups in total. The summed E-state index contributed by atoms with van der Waals surface area (Å²) in [5.41, 5.74) is 3.39. The molecule has 168 valence electrons. The number of aryl methyl sites for hydroxylation is 2. The highest BCUT2D eigenvalue weighted by Crippen LogP contribution is 2.18. The second-order valence-corrected chi connectivity index (χ2v) is 8.13. The maximum Gasteiger partial charge on any atom is 0.243 e. The molecule has 0 bridgehead atoms. The van der Waals surface area contributed by atoms with Gasteiger partial charge < -0.3 is 15.0 Å². The molecule has 0 radical (unpaired) electrons. The van der Waals surface area contributed by atoms with Gasteiger partial charge in [-0.15, -0.1) is 0 Å².